The first-order chi connectivity index (χ1) is 10.9. The molecule has 3 rings (SSSR count). The van der Waals surface area contributed by atoms with E-state index in [2.05, 4.69) is 16.1 Å². The number of hydrogen-bond donors (Lipinski definition) is 1. The second kappa shape index (κ2) is 6.34. The quantitative estimate of drug-likeness (QED) is 0.932. The molecule has 2 aromatic rings. The van der Waals surface area contributed by atoms with Crippen molar-refractivity contribution in [1.29, 1.82) is 0 Å². The Kier molecular flexibility index (Phi) is 4.41. The van der Waals surface area contributed by atoms with Gasteiger partial charge in [-0.2, -0.15) is 5.10 Å². The molecule has 0 unspecified atom stereocenters. The van der Waals surface area contributed by atoms with Gasteiger partial charge in [0.2, 0.25) is 5.91 Å². The summed E-state index contributed by atoms with van der Waals surface area (Å²) in [5, 5.41) is 4.98. The SMILES string of the molecule is Cc1ccc(CN2C[C@H](C(N)=O)[C@@H](c3cnn(C)c3)C2)c(Cl)c1. The van der Waals surface area contributed by atoms with Gasteiger partial charge in [-0.1, -0.05) is 23.7 Å². The number of rotatable bonds is 4. The Labute approximate surface area is 141 Å². The van der Waals surface area contributed by atoms with E-state index >= 15 is 0 Å². The minimum absolute atomic E-state index is 0.0884. The molecule has 0 saturated carbocycles. The molecule has 0 bridgehead atoms. The van der Waals surface area contributed by atoms with Gasteiger partial charge in [-0.15, -0.1) is 0 Å². The van der Waals surface area contributed by atoms with Crippen LogP contribution >= 0.6 is 11.6 Å². The minimum Gasteiger partial charge on any atom is -0.369 e. The van der Waals surface area contributed by atoms with Crippen molar-refractivity contribution >= 4 is 17.5 Å². The predicted molar refractivity (Wildman–Crippen MR) is 90.1 cm³/mol. The van der Waals surface area contributed by atoms with Crippen molar-refractivity contribution < 1.29 is 4.79 Å². The van der Waals surface area contributed by atoms with Crippen LogP contribution in [-0.2, 0) is 18.4 Å². The lowest BCUT2D eigenvalue weighted by Crippen LogP contribution is -2.29. The number of primary amides is 1. The average molecular weight is 333 g/mol. The summed E-state index contributed by atoms with van der Waals surface area (Å²) >= 11 is 6.33. The summed E-state index contributed by atoms with van der Waals surface area (Å²) in [6.07, 6.45) is 3.78. The lowest BCUT2D eigenvalue weighted by molar-refractivity contribution is -0.121. The first-order valence-corrected chi connectivity index (χ1v) is 8.07. The fourth-order valence-electron chi connectivity index (χ4n) is 3.29. The maximum Gasteiger partial charge on any atom is 0.222 e. The standard InChI is InChI=1S/C17H21ClN4O/c1-11-3-4-12(16(18)5-11)8-22-9-14(15(10-22)17(19)23)13-6-20-21(2)7-13/h3-7,14-15H,8-10H2,1-2H3,(H2,19,23)/t14-,15+/m1/s1. The largest absolute Gasteiger partial charge is 0.369 e. The number of carbonyl (C=O) groups is 1. The van der Waals surface area contributed by atoms with E-state index in [0.717, 1.165) is 34.8 Å². The van der Waals surface area contributed by atoms with Gasteiger partial charge >= 0.3 is 0 Å². The summed E-state index contributed by atoms with van der Waals surface area (Å²) in [5.74, 6) is -0.356. The lowest BCUT2D eigenvalue weighted by Gasteiger charge is -2.16. The Bertz CT molecular complexity index is 727. The number of aromatic nitrogens is 2. The zero-order valence-corrected chi connectivity index (χ0v) is 14.1. The van der Waals surface area contributed by atoms with E-state index in [9.17, 15) is 4.79 Å². The smallest absolute Gasteiger partial charge is 0.222 e. The Morgan fingerprint density at radius 2 is 2.22 bits per heavy atom. The number of hydrogen-bond acceptors (Lipinski definition) is 3. The predicted octanol–water partition coefficient (Wildman–Crippen LogP) is 2.08. The highest BCUT2D eigenvalue weighted by Crippen LogP contribution is 2.33. The molecule has 1 saturated heterocycles. The first-order valence-electron chi connectivity index (χ1n) is 7.69. The highest BCUT2D eigenvalue weighted by molar-refractivity contribution is 6.31. The van der Waals surface area contributed by atoms with Crippen LogP contribution in [0.2, 0.25) is 5.02 Å². The molecule has 122 valence electrons. The Hall–Kier alpha value is -1.85. The fourth-order valence-corrected chi connectivity index (χ4v) is 3.59. The monoisotopic (exact) mass is 332 g/mol. The molecule has 0 spiro atoms. The molecule has 5 nitrogen and oxygen atoms in total. The summed E-state index contributed by atoms with van der Waals surface area (Å²) in [4.78, 5) is 14.1. The van der Waals surface area contributed by atoms with Gasteiger partial charge in [0.15, 0.2) is 0 Å². The van der Waals surface area contributed by atoms with Crippen LogP contribution in [0.3, 0.4) is 0 Å². The molecule has 0 radical (unpaired) electrons. The van der Waals surface area contributed by atoms with Crippen LogP contribution in [0.1, 0.15) is 22.6 Å². The molecule has 2 atom stereocenters. The molecular weight excluding hydrogens is 312 g/mol. The van der Waals surface area contributed by atoms with E-state index in [1.165, 1.54) is 0 Å². The van der Waals surface area contributed by atoms with Crippen LogP contribution in [0.15, 0.2) is 30.6 Å². The minimum atomic E-state index is -0.253. The number of nitrogens with two attached hydrogens (primary N) is 1. The van der Waals surface area contributed by atoms with Gasteiger partial charge in [-0.3, -0.25) is 14.4 Å². The molecule has 2 heterocycles. The van der Waals surface area contributed by atoms with Crippen molar-refractivity contribution in [3.05, 3.63) is 52.3 Å². The van der Waals surface area contributed by atoms with Gasteiger partial charge < -0.3 is 5.73 Å². The number of carbonyl (C=O) groups excluding carboxylic acids is 1. The highest BCUT2D eigenvalue weighted by atomic mass is 35.5. The normalized spacial score (nSPS) is 21.7. The third kappa shape index (κ3) is 3.41. The zero-order chi connectivity index (χ0) is 16.6. The molecule has 1 fully saturated rings. The number of halogens is 1. The maximum absolute atomic E-state index is 11.8. The molecule has 1 aliphatic heterocycles. The summed E-state index contributed by atoms with van der Waals surface area (Å²) in [6, 6.07) is 6.08. The Morgan fingerprint density at radius 1 is 1.43 bits per heavy atom. The third-order valence-electron chi connectivity index (χ3n) is 4.52. The van der Waals surface area contributed by atoms with Crippen LogP contribution in [0.5, 0.6) is 0 Å². The summed E-state index contributed by atoms with van der Waals surface area (Å²) in [5.41, 5.74) is 8.90. The van der Waals surface area contributed by atoms with Crippen molar-refractivity contribution in [2.24, 2.45) is 18.7 Å². The summed E-state index contributed by atoms with van der Waals surface area (Å²) in [6.45, 7) is 4.18. The summed E-state index contributed by atoms with van der Waals surface area (Å²) in [7, 11) is 1.88. The van der Waals surface area contributed by atoms with Gasteiger partial charge in [-0.25, -0.2) is 0 Å². The second-order valence-corrected chi connectivity index (χ2v) is 6.76. The van der Waals surface area contributed by atoms with Crippen LogP contribution < -0.4 is 5.73 Å². The number of benzene rings is 1. The molecule has 1 aliphatic rings. The zero-order valence-electron chi connectivity index (χ0n) is 13.4. The van der Waals surface area contributed by atoms with Crippen molar-refractivity contribution in [3.8, 4) is 0 Å². The summed E-state index contributed by atoms with van der Waals surface area (Å²) < 4.78 is 1.76. The second-order valence-electron chi connectivity index (χ2n) is 6.35. The Morgan fingerprint density at radius 3 is 2.83 bits per heavy atom. The molecule has 2 N–H and O–H groups in total. The van der Waals surface area contributed by atoms with Crippen molar-refractivity contribution in [2.45, 2.75) is 19.4 Å². The van der Waals surface area contributed by atoms with Crippen LogP contribution in [0.25, 0.3) is 0 Å². The Balaban J connectivity index is 1.78. The molecule has 0 aliphatic carbocycles. The van der Waals surface area contributed by atoms with Gasteiger partial charge in [0.1, 0.15) is 0 Å². The molecular formula is C17H21ClN4O. The molecule has 1 aromatic carbocycles. The number of amides is 1. The number of aryl methyl sites for hydroxylation is 2. The van der Waals surface area contributed by atoms with E-state index in [1.807, 2.05) is 38.5 Å². The van der Waals surface area contributed by atoms with E-state index in [0.29, 0.717) is 6.54 Å². The van der Waals surface area contributed by atoms with Gasteiger partial charge in [0.05, 0.1) is 12.1 Å². The first kappa shape index (κ1) is 16.0. The van der Waals surface area contributed by atoms with E-state index in [1.54, 1.807) is 4.68 Å². The third-order valence-corrected chi connectivity index (χ3v) is 4.87. The van der Waals surface area contributed by atoms with Gasteiger partial charge in [0, 0.05) is 43.8 Å². The van der Waals surface area contributed by atoms with Crippen molar-refractivity contribution in [1.82, 2.24) is 14.7 Å². The topological polar surface area (TPSA) is 64.2 Å². The fraction of sp³-hybridized carbons (Fsp3) is 0.412. The van der Waals surface area contributed by atoms with E-state index < -0.39 is 0 Å². The van der Waals surface area contributed by atoms with E-state index in [-0.39, 0.29) is 17.7 Å². The van der Waals surface area contributed by atoms with Crippen molar-refractivity contribution in [2.75, 3.05) is 13.1 Å². The van der Waals surface area contributed by atoms with Gasteiger partial charge in [-0.05, 0) is 29.7 Å². The average Bonchev–Trinajstić information content (AvgIpc) is 3.08. The van der Waals surface area contributed by atoms with Crippen LogP contribution in [-0.4, -0.2) is 33.7 Å². The van der Waals surface area contributed by atoms with Crippen molar-refractivity contribution in [3.63, 3.8) is 0 Å². The molecule has 6 heteroatoms. The van der Waals surface area contributed by atoms with Gasteiger partial charge in [0.25, 0.3) is 0 Å². The molecule has 23 heavy (non-hydrogen) atoms. The maximum atomic E-state index is 11.8. The van der Waals surface area contributed by atoms with Crippen LogP contribution in [0, 0.1) is 12.8 Å². The van der Waals surface area contributed by atoms with Crippen LogP contribution in [0.4, 0.5) is 0 Å². The number of likely N-dealkylation sites (tertiary alicyclic amines) is 1. The highest BCUT2D eigenvalue weighted by Gasteiger charge is 2.38. The molecule has 1 aromatic heterocycles. The lowest BCUT2D eigenvalue weighted by atomic mass is 9.90. The molecule has 1 amide bonds. The number of nitrogens with zero attached hydrogens (tertiary/aromatic N) is 3. The van der Waals surface area contributed by atoms with E-state index in [4.69, 9.17) is 17.3 Å².